The molecule has 114 valence electrons. The van der Waals surface area contributed by atoms with Gasteiger partial charge < -0.3 is 5.32 Å². The lowest BCUT2D eigenvalue weighted by Crippen LogP contribution is -2.21. The van der Waals surface area contributed by atoms with Crippen molar-refractivity contribution < 1.29 is 0 Å². The molecule has 0 spiro atoms. The van der Waals surface area contributed by atoms with Crippen molar-refractivity contribution in [1.82, 2.24) is 20.3 Å². The van der Waals surface area contributed by atoms with E-state index >= 15 is 0 Å². The van der Waals surface area contributed by atoms with Gasteiger partial charge in [0.15, 0.2) is 0 Å². The van der Waals surface area contributed by atoms with Gasteiger partial charge in [-0.05, 0) is 44.0 Å². The van der Waals surface area contributed by atoms with Crippen molar-refractivity contribution in [3.8, 4) is 5.69 Å². The Hall–Kier alpha value is -1.39. The lowest BCUT2D eigenvalue weighted by molar-refractivity contribution is 0.520. The maximum atomic E-state index is 6.37. The number of aromatic nitrogens is 3. The molecule has 21 heavy (non-hydrogen) atoms. The van der Waals surface area contributed by atoms with Gasteiger partial charge in [0, 0.05) is 0 Å². The van der Waals surface area contributed by atoms with Crippen LogP contribution >= 0.6 is 11.6 Å². The number of hydrogen-bond acceptors (Lipinski definition) is 3. The third kappa shape index (κ3) is 3.27. The van der Waals surface area contributed by atoms with E-state index in [1.165, 1.54) is 0 Å². The summed E-state index contributed by atoms with van der Waals surface area (Å²) in [5.41, 5.74) is 4.18. The van der Waals surface area contributed by atoms with Gasteiger partial charge >= 0.3 is 0 Å². The van der Waals surface area contributed by atoms with Gasteiger partial charge in [0.25, 0.3) is 0 Å². The summed E-state index contributed by atoms with van der Waals surface area (Å²) in [7, 11) is 0. The van der Waals surface area contributed by atoms with Crippen LogP contribution in [0.2, 0.25) is 5.02 Å². The van der Waals surface area contributed by atoms with Crippen molar-refractivity contribution in [2.75, 3.05) is 6.54 Å². The van der Waals surface area contributed by atoms with Crippen molar-refractivity contribution in [2.24, 2.45) is 0 Å². The van der Waals surface area contributed by atoms with Crippen LogP contribution in [0.5, 0.6) is 0 Å². The third-order valence-electron chi connectivity index (χ3n) is 3.65. The number of benzene rings is 1. The molecule has 1 heterocycles. The molecule has 0 saturated carbocycles. The van der Waals surface area contributed by atoms with Gasteiger partial charge in [-0.2, -0.15) is 0 Å². The number of aryl methyl sites for hydroxylation is 1. The van der Waals surface area contributed by atoms with Gasteiger partial charge in [-0.15, -0.1) is 5.10 Å². The van der Waals surface area contributed by atoms with E-state index in [0.29, 0.717) is 5.02 Å². The second-order valence-corrected chi connectivity index (χ2v) is 5.57. The molecule has 1 N–H and O–H groups in total. The Balaban J connectivity index is 2.48. The lowest BCUT2D eigenvalue weighted by Gasteiger charge is -2.15. The second-order valence-electron chi connectivity index (χ2n) is 5.16. The Morgan fingerprint density at radius 3 is 2.62 bits per heavy atom. The number of nitrogens with zero attached hydrogens (tertiary/aromatic N) is 3. The predicted octanol–water partition coefficient (Wildman–Crippen LogP) is 3.85. The highest BCUT2D eigenvalue weighted by atomic mass is 35.5. The first-order chi connectivity index (χ1) is 10.1. The van der Waals surface area contributed by atoms with E-state index in [4.69, 9.17) is 11.6 Å². The summed E-state index contributed by atoms with van der Waals surface area (Å²) >= 11 is 6.37. The fourth-order valence-corrected chi connectivity index (χ4v) is 2.89. The molecule has 1 aromatic carbocycles. The van der Waals surface area contributed by atoms with E-state index in [0.717, 1.165) is 42.0 Å². The molecular weight excluding hydrogens is 284 g/mol. The maximum absolute atomic E-state index is 6.37. The Morgan fingerprint density at radius 2 is 2.05 bits per heavy atom. The molecule has 0 saturated heterocycles. The fraction of sp³-hybridized carbons (Fsp3) is 0.500. The molecular formula is C16H23ClN4. The molecule has 0 aliphatic rings. The summed E-state index contributed by atoms with van der Waals surface area (Å²) < 4.78 is 1.87. The Morgan fingerprint density at radius 1 is 1.29 bits per heavy atom. The largest absolute Gasteiger partial charge is 0.309 e. The minimum atomic E-state index is 0.239. The van der Waals surface area contributed by atoms with Crippen LogP contribution in [0.4, 0.5) is 0 Å². The molecule has 4 nitrogen and oxygen atoms in total. The number of rotatable bonds is 6. The molecule has 2 aromatic rings. The highest BCUT2D eigenvalue weighted by Crippen LogP contribution is 2.26. The highest BCUT2D eigenvalue weighted by Gasteiger charge is 2.20. The first-order valence-electron chi connectivity index (χ1n) is 7.56. The lowest BCUT2D eigenvalue weighted by atomic mass is 10.1. The normalized spacial score (nSPS) is 12.6. The van der Waals surface area contributed by atoms with E-state index in [2.05, 4.69) is 36.4 Å². The van der Waals surface area contributed by atoms with E-state index in [1.807, 2.05) is 29.8 Å². The van der Waals surface area contributed by atoms with Crippen LogP contribution in [0, 0.1) is 6.92 Å². The van der Waals surface area contributed by atoms with Crippen LogP contribution in [-0.2, 0) is 6.42 Å². The molecule has 0 bridgehead atoms. The molecule has 1 aromatic heterocycles. The quantitative estimate of drug-likeness (QED) is 0.881. The fourth-order valence-electron chi connectivity index (χ4n) is 2.57. The number of hydrogen-bond donors (Lipinski definition) is 1. The van der Waals surface area contributed by atoms with Crippen molar-refractivity contribution in [3.63, 3.8) is 0 Å². The van der Waals surface area contributed by atoms with Crippen molar-refractivity contribution >= 4 is 11.6 Å². The molecule has 1 unspecified atom stereocenters. The number of nitrogens with one attached hydrogen (secondary N) is 1. The van der Waals surface area contributed by atoms with Crippen molar-refractivity contribution in [2.45, 2.75) is 46.6 Å². The van der Waals surface area contributed by atoms with E-state index in [1.54, 1.807) is 0 Å². The molecule has 0 radical (unpaired) electrons. The van der Waals surface area contributed by atoms with Crippen LogP contribution in [0.1, 0.15) is 50.2 Å². The van der Waals surface area contributed by atoms with Gasteiger partial charge in [0.2, 0.25) is 0 Å². The second kappa shape index (κ2) is 7.05. The summed E-state index contributed by atoms with van der Waals surface area (Å²) in [6.45, 7) is 9.33. The minimum absolute atomic E-state index is 0.239. The van der Waals surface area contributed by atoms with Crippen LogP contribution < -0.4 is 5.32 Å². The smallest absolute Gasteiger partial charge is 0.103 e. The van der Waals surface area contributed by atoms with E-state index < -0.39 is 0 Å². The van der Waals surface area contributed by atoms with Gasteiger partial charge in [-0.3, -0.25) is 0 Å². The van der Waals surface area contributed by atoms with Gasteiger partial charge in [0.05, 0.1) is 22.4 Å². The monoisotopic (exact) mass is 306 g/mol. The Bertz CT molecular complexity index is 606. The van der Waals surface area contributed by atoms with E-state index in [9.17, 15) is 0 Å². The summed E-state index contributed by atoms with van der Waals surface area (Å²) in [5.74, 6) is 0. The highest BCUT2D eigenvalue weighted by molar-refractivity contribution is 6.32. The van der Waals surface area contributed by atoms with Crippen molar-refractivity contribution in [1.29, 1.82) is 0 Å². The Labute approximate surface area is 131 Å². The van der Waals surface area contributed by atoms with Crippen LogP contribution in [0.25, 0.3) is 5.69 Å². The number of halogens is 1. The van der Waals surface area contributed by atoms with Crippen molar-refractivity contribution in [3.05, 3.63) is 40.2 Å². The topological polar surface area (TPSA) is 42.7 Å². The standard InChI is InChI=1S/C16H23ClN4/c1-5-13(18-7-3)16-14(6-2)21(20-19-16)15-9-8-11(4)10-12(15)17/h8-10,13,18H,5-7H2,1-4H3. The molecule has 0 fully saturated rings. The molecule has 0 aliphatic heterocycles. The van der Waals surface area contributed by atoms with Crippen LogP contribution in [0.15, 0.2) is 18.2 Å². The first-order valence-corrected chi connectivity index (χ1v) is 7.94. The van der Waals surface area contributed by atoms with Gasteiger partial charge in [-0.25, -0.2) is 4.68 Å². The van der Waals surface area contributed by atoms with Crippen LogP contribution in [-0.4, -0.2) is 21.5 Å². The summed E-state index contributed by atoms with van der Waals surface area (Å²) in [4.78, 5) is 0. The zero-order chi connectivity index (χ0) is 15.4. The zero-order valence-corrected chi connectivity index (χ0v) is 13.9. The molecule has 1 atom stereocenters. The maximum Gasteiger partial charge on any atom is 0.103 e. The third-order valence-corrected chi connectivity index (χ3v) is 3.95. The first kappa shape index (κ1) is 16.0. The van der Waals surface area contributed by atoms with Gasteiger partial charge in [0.1, 0.15) is 5.69 Å². The molecule has 0 aliphatic carbocycles. The molecule has 0 amide bonds. The SMILES string of the molecule is CCNC(CC)c1nnn(-c2ccc(C)cc2Cl)c1CC. The molecule has 5 heteroatoms. The average Bonchev–Trinajstić information content (AvgIpc) is 2.88. The van der Waals surface area contributed by atoms with Crippen LogP contribution in [0.3, 0.4) is 0 Å². The summed E-state index contributed by atoms with van der Waals surface area (Å²) in [5, 5.41) is 12.9. The minimum Gasteiger partial charge on any atom is -0.309 e. The summed E-state index contributed by atoms with van der Waals surface area (Å²) in [6.07, 6.45) is 1.86. The molecule has 2 rings (SSSR count). The van der Waals surface area contributed by atoms with Gasteiger partial charge in [-0.1, -0.05) is 43.7 Å². The Kier molecular flexibility index (Phi) is 5.37. The zero-order valence-electron chi connectivity index (χ0n) is 13.2. The summed E-state index contributed by atoms with van der Waals surface area (Å²) in [6, 6.07) is 6.25. The predicted molar refractivity (Wildman–Crippen MR) is 87.2 cm³/mol. The average molecular weight is 307 g/mol. The van der Waals surface area contributed by atoms with E-state index in [-0.39, 0.29) is 6.04 Å².